The zero-order valence-electron chi connectivity index (χ0n) is 15.3. The Balaban J connectivity index is 1.87. The van der Waals surface area contributed by atoms with E-state index in [9.17, 15) is 16.8 Å². The van der Waals surface area contributed by atoms with E-state index in [2.05, 4.69) is 24.3 Å². The highest BCUT2D eigenvalue weighted by molar-refractivity contribution is 7.86. The normalized spacial score (nSPS) is 37.2. The summed E-state index contributed by atoms with van der Waals surface area (Å²) in [5.74, 6) is 1.49. The van der Waals surface area contributed by atoms with Crippen LogP contribution in [0.15, 0.2) is 24.3 Å². The third-order valence-electron chi connectivity index (χ3n) is 6.22. The molecule has 0 aromatic heterocycles. The van der Waals surface area contributed by atoms with Gasteiger partial charge in [-0.3, -0.25) is 8.37 Å². The van der Waals surface area contributed by atoms with Crippen LogP contribution in [0.1, 0.15) is 25.7 Å². The Morgan fingerprint density at radius 1 is 0.654 bits per heavy atom. The lowest BCUT2D eigenvalue weighted by Crippen LogP contribution is -2.50. The van der Waals surface area contributed by atoms with Crippen molar-refractivity contribution in [3.8, 4) is 0 Å². The predicted octanol–water partition coefficient (Wildman–Crippen LogP) is 2.35. The minimum Gasteiger partial charge on any atom is -0.270 e. The van der Waals surface area contributed by atoms with Crippen LogP contribution in [0.4, 0.5) is 0 Å². The Morgan fingerprint density at radius 3 is 1.15 bits per heavy atom. The molecule has 1 saturated carbocycles. The Hall–Kier alpha value is -0.700. The van der Waals surface area contributed by atoms with Crippen molar-refractivity contribution in [1.29, 1.82) is 0 Å². The average Bonchev–Trinajstić information content (AvgIpc) is 2.56. The van der Waals surface area contributed by atoms with E-state index in [0.29, 0.717) is 23.7 Å². The number of hydrogen-bond donors (Lipinski definition) is 0. The molecule has 0 heterocycles. The maximum Gasteiger partial charge on any atom is 0.264 e. The molecule has 3 aliphatic rings. The van der Waals surface area contributed by atoms with Crippen molar-refractivity contribution in [1.82, 2.24) is 0 Å². The lowest BCUT2D eigenvalue weighted by molar-refractivity contribution is -0.0553. The molecule has 0 radical (unpaired) electrons. The first-order valence-corrected chi connectivity index (χ1v) is 12.8. The molecule has 0 aliphatic heterocycles. The minimum absolute atomic E-state index is 0.157. The molecule has 6 nitrogen and oxygen atoms in total. The molecule has 26 heavy (non-hydrogen) atoms. The van der Waals surface area contributed by atoms with Gasteiger partial charge in [-0.2, -0.15) is 16.8 Å². The van der Waals surface area contributed by atoms with Crippen molar-refractivity contribution in [3.05, 3.63) is 24.3 Å². The zero-order chi connectivity index (χ0) is 18.9. The van der Waals surface area contributed by atoms with Gasteiger partial charge in [-0.25, -0.2) is 0 Å². The van der Waals surface area contributed by atoms with Gasteiger partial charge in [0.2, 0.25) is 0 Å². The van der Waals surface area contributed by atoms with Gasteiger partial charge in [-0.1, -0.05) is 24.3 Å². The molecular weight excluding hydrogens is 376 g/mol. The molecule has 0 aromatic carbocycles. The molecule has 0 aromatic rings. The molecule has 3 rings (SSSR count). The first-order chi connectivity index (χ1) is 12.2. The highest BCUT2D eigenvalue weighted by Gasteiger charge is 2.50. The van der Waals surface area contributed by atoms with Gasteiger partial charge in [-0.05, 0) is 61.2 Å². The topological polar surface area (TPSA) is 86.7 Å². The van der Waals surface area contributed by atoms with E-state index in [1.165, 1.54) is 0 Å². The summed E-state index contributed by atoms with van der Waals surface area (Å²) in [5.41, 5.74) is 0. The van der Waals surface area contributed by atoms with E-state index in [1.54, 1.807) is 0 Å². The molecule has 148 valence electrons. The molecule has 1 fully saturated rings. The SMILES string of the molecule is CS(=O)(=O)OCC1[C@H]2CC=CC[C@@H]2C(COS(C)(=O)=O)[C@@H]2CC=CC[C@@H]12. The third-order valence-corrected chi connectivity index (χ3v) is 7.34. The van der Waals surface area contributed by atoms with Gasteiger partial charge in [0.25, 0.3) is 20.2 Å². The summed E-state index contributed by atoms with van der Waals surface area (Å²) in [6.45, 7) is 0.422. The summed E-state index contributed by atoms with van der Waals surface area (Å²) in [7, 11) is -6.96. The minimum atomic E-state index is -3.48. The zero-order valence-corrected chi connectivity index (χ0v) is 16.9. The number of hydrogen-bond acceptors (Lipinski definition) is 6. The van der Waals surface area contributed by atoms with Gasteiger partial charge >= 0.3 is 0 Å². The van der Waals surface area contributed by atoms with Crippen LogP contribution in [0.2, 0.25) is 0 Å². The van der Waals surface area contributed by atoms with Crippen molar-refractivity contribution in [2.24, 2.45) is 35.5 Å². The van der Waals surface area contributed by atoms with Crippen LogP contribution < -0.4 is 0 Å². The monoisotopic (exact) mass is 404 g/mol. The molecule has 8 heteroatoms. The Morgan fingerprint density at radius 2 is 0.923 bits per heavy atom. The van der Waals surface area contributed by atoms with Gasteiger partial charge < -0.3 is 0 Å². The summed E-state index contributed by atoms with van der Waals surface area (Å²) in [6, 6.07) is 0. The molecule has 0 amide bonds. The fraction of sp³-hybridized carbons (Fsp3) is 0.778. The van der Waals surface area contributed by atoms with Crippen LogP contribution in [0.25, 0.3) is 0 Å². The number of rotatable bonds is 6. The maximum atomic E-state index is 11.5. The number of fused-ring (bicyclic) bond motifs is 2. The smallest absolute Gasteiger partial charge is 0.264 e. The molecular formula is C18H28O6S2. The molecule has 0 spiro atoms. The van der Waals surface area contributed by atoms with E-state index in [-0.39, 0.29) is 25.0 Å². The van der Waals surface area contributed by atoms with Crippen molar-refractivity contribution in [3.63, 3.8) is 0 Å². The highest BCUT2D eigenvalue weighted by Crippen LogP contribution is 2.54. The number of allylic oxidation sites excluding steroid dienone is 4. The van der Waals surface area contributed by atoms with Crippen LogP contribution in [0.3, 0.4) is 0 Å². The molecule has 3 aliphatic carbocycles. The Labute approximate surface area is 156 Å². The van der Waals surface area contributed by atoms with Gasteiger partial charge in [-0.15, -0.1) is 0 Å². The molecule has 6 atom stereocenters. The van der Waals surface area contributed by atoms with Crippen molar-refractivity contribution >= 4 is 20.2 Å². The lowest BCUT2D eigenvalue weighted by Gasteiger charge is -2.53. The second-order valence-electron chi connectivity index (χ2n) is 7.85. The van der Waals surface area contributed by atoms with Gasteiger partial charge in [0.05, 0.1) is 25.7 Å². The quantitative estimate of drug-likeness (QED) is 0.499. The van der Waals surface area contributed by atoms with E-state index in [4.69, 9.17) is 8.37 Å². The molecule has 0 bridgehead atoms. The van der Waals surface area contributed by atoms with E-state index < -0.39 is 20.2 Å². The first kappa shape index (κ1) is 20.0. The van der Waals surface area contributed by atoms with Crippen molar-refractivity contribution in [2.45, 2.75) is 25.7 Å². The Kier molecular flexibility index (Phi) is 5.96. The van der Waals surface area contributed by atoms with Crippen LogP contribution in [0, 0.1) is 35.5 Å². The third kappa shape index (κ3) is 4.77. The van der Waals surface area contributed by atoms with Gasteiger partial charge in [0.15, 0.2) is 0 Å². The highest BCUT2D eigenvalue weighted by atomic mass is 32.2. The second kappa shape index (κ2) is 7.73. The van der Waals surface area contributed by atoms with E-state index in [1.807, 2.05) is 0 Å². The summed E-state index contributed by atoms with van der Waals surface area (Å²) in [4.78, 5) is 0. The predicted molar refractivity (Wildman–Crippen MR) is 99.3 cm³/mol. The fourth-order valence-electron chi connectivity index (χ4n) is 5.22. The maximum absolute atomic E-state index is 11.5. The van der Waals surface area contributed by atoms with Crippen molar-refractivity contribution in [2.75, 3.05) is 25.7 Å². The van der Waals surface area contributed by atoms with Crippen molar-refractivity contribution < 1.29 is 25.2 Å². The molecule has 2 unspecified atom stereocenters. The van der Waals surface area contributed by atoms with Crippen LogP contribution in [-0.4, -0.2) is 42.6 Å². The van der Waals surface area contributed by atoms with Crippen LogP contribution in [0.5, 0.6) is 0 Å². The molecule has 0 N–H and O–H groups in total. The van der Waals surface area contributed by atoms with E-state index in [0.717, 1.165) is 38.2 Å². The standard InChI is InChI=1S/C18H28O6S2/c1-25(19,20)23-11-17-13-7-3-5-9-15(13)18(12-24-26(2,21)22)16-10-6-4-8-14(16)17/h3-6,13-18H,7-12H2,1-2H3/t13-,14+,15-,16+,17?,18?. The second-order valence-corrected chi connectivity index (χ2v) is 11.1. The lowest BCUT2D eigenvalue weighted by atomic mass is 9.52. The first-order valence-electron chi connectivity index (χ1n) is 9.14. The summed E-state index contributed by atoms with van der Waals surface area (Å²) in [6.07, 6.45) is 14.3. The van der Waals surface area contributed by atoms with Gasteiger partial charge in [0.1, 0.15) is 0 Å². The summed E-state index contributed by atoms with van der Waals surface area (Å²) < 4.78 is 56.6. The van der Waals surface area contributed by atoms with E-state index >= 15 is 0 Å². The molecule has 0 saturated heterocycles. The Bertz CT molecular complexity index is 674. The van der Waals surface area contributed by atoms with Crippen LogP contribution in [-0.2, 0) is 28.6 Å². The fourth-order valence-corrected chi connectivity index (χ4v) is 6.02. The largest absolute Gasteiger partial charge is 0.270 e. The summed E-state index contributed by atoms with van der Waals surface area (Å²) in [5, 5.41) is 0. The summed E-state index contributed by atoms with van der Waals surface area (Å²) >= 11 is 0. The van der Waals surface area contributed by atoms with Crippen LogP contribution >= 0.6 is 0 Å². The van der Waals surface area contributed by atoms with Gasteiger partial charge in [0, 0.05) is 0 Å². The average molecular weight is 405 g/mol.